The van der Waals surface area contributed by atoms with Gasteiger partial charge < -0.3 is 10.1 Å². The lowest BCUT2D eigenvalue weighted by Gasteiger charge is -2.15. The van der Waals surface area contributed by atoms with E-state index in [0.29, 0.717) is 20.5 Å². The molecule has 1 aliphatic rings. The number of aliphatic hydroxyl groups is 1. The number of H-pyrrole nitrogens is 1. The third-order valence-corrected chi connectivity index (χ3v) is 5.40. The number of dihydropyridines is 1. The molecule has 0 saturated heterocycles. The van der Waals surface area contributed by atoms with Crippen LogP contribution in [0, 0.1) is 5.41 Å². The van der Waals surface area contributed by atoms with E-state index in [4.69, 9.17) is 17.0 Å². The fourth-order valence-electron chi connectivity index (χ4n) is 2.98. The number of amidine groups is 1. The van der Waals surface area contributed by atoms with E-state index in [-0.39, 0.29) is 23.6 Å². The predicted octanol–water partition coefficient (Wildman–Crippen LogP) is 5.16. The first kappa shape index (κ1) is 17.6. The number of hydrogen-bond donors (Lipinski definition) is 3. The number of benzene rings is 2. The van der Waals surface area contributed by atoms with Crippen molar-refractivity contribution < 1.29 is 5.11 Å². The first-order valence-electron chi connectivity index (χ1n) is 8.16. The second kappa shape index (κ2) is 7.06. The Hall–Kier alpha value is -2.83. The average Bonchev–Trinajstić information content (AvgIpc) is 2.63. The molecule has 7 heteroatoms. The SMILES string of the molecule is N=C1C=C(O)CC(Sc2c(-c3ccccc3)c3cc(Cl)ccc3[nH]c2=O)=N1. The number of aromatic amines is 1. The van der Waals surface area contributed by atoms with Gasteiger partial charge in [-0.15, -0.1) is 0 Å². The molecular weight excluding hydrogens is 382 g/mol. The number of fused-ring (bicyclic) bond motifs is 1. The van der Waals surface area contributed by atoms with E-state index < -0.39 is 0 Å². The zero-order chi connectivity index (χ0) is 19.0. The number of aromatic nitrogens is 1. The summed E-state index contributed by atoms with van der Waals surface area (Å²) in [7, 11) is 0. The lowest BCUT2D eigenvalue weighted by Crippen LogP contribution is -2.14. The summed E-state index contributed by atoms with van der Waals surface area (Å²) in [6, 6.07) is 14.9. The van der Waals surface area contributed by atoms with Crippen LogP contribution in [0.5, 0.6) is 0 Å². The molecule has 0 amide bonds. The number of halogens is 1. The van der Waals surface area contributed by atoms with Gasteiger partial charge in [0.2, 0.25) is 0 Å². The minimum Gasteiger partial charge on any atom is -0.512 e. The largest absolute Gasteiger partial charge is 0.512 e. The molecule has 0 unspecified atom stereocenters. The van der Waals surface area contributed by atoms with Crippen molar-refractivity contribution in [1.29, 1.82) is 5.41 Å². The Morgan fingerprint density at radius 2 is 1.96 bits per heavy atom. The smallest absolute Gasteiger partial charge is 0.263 e. The van der Waals surface area contributed by atoms with Crippen molar-refractivity contribution in [3.05, 3.63) is 75.7 Å². The molecule has 3 N–H and O–H groups in total. The fourth-order valence-corrected chi connectivity index (χ4v) is 4.23. The van der Waals surface area contributed by atoms with E-state index in [2.05, 4.69) is 9.98 Å². The van der Waals surface area contributed by atoms with Gasteiger partial charge in [-0.25, -0.2) is 4.99 Å². The first-order chi connectivity index (χ1) is 13.0. The molecule has 1 aromatic heterocycles. The molecule has 3 aromatic rings. The van der Waals surface area contributed by atoms with Crippen LogP contribution in [0.4, 0.5) is 0 Å². The van der Waals surface area contributed by atoms with E-state index in [0.717, 1.165) is 28.3 Å². The summed E-state index contributed by atoms with van der Waals surface area (Å²) in [6.45, 7) is 0. The lowest BCUT2D eigenvalue weighted by molar-refractivity contribution is 0.406. The molecule has 0 aliphatic carbocycles. The Morgan fingerprint density at radius 3 is 2.70 bits per heavy atom. The number of hydrogen-bond acceptors (Lipinski definition) is 4. The maximum Gasteiger partial charge on any atom is 0.263 e. The standard InChI is InChI=1S/C20H14ClN3O2S/c21-12-6-7-15-14(8-12)18(11-4-2-1-3-5-11)19(20(26)23-15)27-17-10-13(25)9-16(22)24-17/h1-9,22,25H,10H2,(H,23,26). The summed E-state index contributed by atoms with van der Waals surface area (Å²) in [4.78, 5) is 20.3. The highest BCUT2D eigenvalue weighted by molar-refractivity contribution is 8.14. The average molecular weight is 396 g/mol. The lowest BCUT2D eigenvalue weighted by atomic mass is 10.0. The van der Waals surface area contributed by atoms with Gasteiger partial charge in [-0.1, -0.05) is 53.7 Å². The Balaban J connectivity index is 1.96. The number of nitrogens with one attached hydrogen (secondary N) is 2. The third kappa shape index (κ3) is 3.54. The van der Waals surface area contributed by atoms with E-state index >= 15 is 0 Å². The van der Waals surface area contributed by atoms with Crippen LogP contribution in [0.1, 0.15) is 6.42 Å². The number of nitrogens with zero attached hydrogens (tertiary/aromatic N) is 1. The number of allylic oxidation sites excluding steroid dienone is 1. The number of pyridine rings is 1. The molecule has 0 spiro atoms. The van der Waals surface area contributed by atoms with E-state index in [9.17, 15) is 9.90 Å². The number of aliphatic hydroxyl groups excluding tert-OH is 1. The van der Waals surface area contributed by atoms with Crippen LogP contribution < -0.4 is 5.56 Å². The summed E-state index contributed by atoms with van der Waals surface area (Å²) in [5.41, 5.74) is 2.07. The molecule has 2 aromatic carbocycles. The Labute approximate surface area is 163 Å². The Bertz CT molecular complexity index is 1180. The number of rotatable bonds is 2. The minimum absolute atomic E-state index is 0.0391. The fraction of sp³-hybridized carbons (Fsp3) is 0.0500. The zero-order valence-corrected chi connectivity index (χ0v) is 15.6. The summed E-state index contributed by atoms with van der Waals surface area (Å²) >= 11 is 7.37. The molecule has 0 atom stereocenters. The molecule has 0 saturated carbocycles. The highest BCUT2D eigenvalue weighted by Gasteiger charge is 2.20. The van der Waals surface area contributed by atoms with Gasteiger partial charge in [-0.2, -0.15) is 0 Å². The van der Waals surface area contributed by atoms with Crippen molar-refractivity contribution in [2.45, 2.75) is 11.3 Å². The second-order valence-electron chi connectivity index (χ2n) is 6.02. The van der Waals surface area contributed by atoms with Crippen molar-refractivity contribution >= 4 is 45.1 Å². The maximum atomic E-state index is 12.9. The van der Waals surface area contributed by atoms with Gasteiger partial charge >= 0.3 is 0 Å². The molecule has 0 radical (unpaired) electrons. The van der Waals surface area contributed by atoms with Crippen LogP contribution in [0.25, 0.3) is 22.0 Å². The Morgan fingerprint density at radius 1 is 1.19 bits per heavy atom. The first-order valence-corrected chi connectivity index (χ1v) is 9.35. The monoisotopic (exact) mass is 395 g/mol. The molecule has 0 bridgehead atoms. The van der Waals surface area contributed by atoms with Crippen molar-refractivity contribution in [2.75, 3.05) is 0 Å². The van der Waals surface area contributed by atoms with Gasteiger partial charge in [-0.3, -0.25) is 10.2 Å². The van der Waals surface area contributed by atoms with Gasteiger partial charge in [0.05, 0.1) is 16.4 Å². The van der Waals surface area contributed by atoms with Gasteiger partial charge in [0.1, 0.15) is 11.6 Å². The second-order valence-corrected chi connectivity index (χ2v) is 7.54. The molecule has 2 heterocycles. The van der Waals surface area contributed by atoms with Crippen LogP contribution in [0.2, 0.25) is 5.02 Å². The molecule has 1 aliphatic heterocycles. The Kier molecular flexibility index (Phi) is 4.59. The van der Waals surface area contributed by atoms with Crippen LogP contribution in [-0.2, 0) is 0 Å². The van der Waals surface area contributed by atoms with E-state index in [1.807, 2.05) is 36.4 Å². The number of thioether (sulfide) groups is 1. The van der Waals surface area contributed by atoms with Crippen LogP contribution >= 0.6 is 23.4 Å². The molecule has 0 fully saturated rings. The maximum absolute atomic E-state index is 12.9. The van der Waals surface area contributed by atoms with Crippen molar-refractivity contribution in [2.24, 2.45) is 4.99 Å². The molecule has 134 valence electrons. The normalized spacial score (nSPS) is 14.2. The van der Waals surface area contributed by atoms with E-state index in [1.165, 1.54) is 6.08 Å². The predicted molar refractivity (Wildman–Crippen MR) is 111 cm³/mol. The van der Waals surface area contributed by atoms with Crippen LogP contribution in [0.3, 0.4) is 0 Å². The van der Waals surface area contributed by atoms with Gasteiger partial charge in [0.15, 0.2) is 0 Å². The summed E-state index contributed by atoms with van der Waals surface area (Å²) in [6.07, 6.45) is 1.49. The quantitative estimate of drug-likeness (QED) is 0.559. The highest BCUT2D eigenvalue weighted by Crippen LogP contribution is 2.37. The molecule has 27 heavy (non-hydrogen) atoms. The highest BCUT2D eigenvalue weighted by atomic mass is 35.5. The topological polar surface area (TPSA) is 89.3 Å². The number of aliphatic imine (C=N–C) groups is 1. The molecule has 4 rings (SSSR count). The zero-order valence-electron chi connectivity index (χ0n) is 14.0. The van der Waals surface area contributed by atoms with Gasteiger partial charge in [0, 0.05) is 27.6 Å². The summed E-state index contributed by atoms with van der Waals surface area (Å²) in [5, 5.41) is 19.4. The van der Waals surface area contributed by atoms with Crippen LogP contribution in [-0.4, -0.2) is 21.0 Å². The van der Waals surface area contributed by atoms with Crippen molar-refractivity contribution in [1.82, 2.24) is 4.98 Å². The third-order valence-electron chi connectivity index (χ3n) is 4.10. The summed E-state index contributed by atoms with van der Waals surface area (Å²) in [5.74, 6) is 0.0156. The van der Waals surface area contributed by atoms with Crippen molar-refractivity contribution in [3.63, 3.8) is 0 Å². The molecular formula is C20H14ClN3O2S. The van der Waals surface area contributed by atoms with Gasteiger partial charge in [0.25, 0.3) is 5.56 Å². The van der Waals surface area contributed by atoms with Crippen LogP contribution in [0.15, 0.2) is 75.0 Å². The molecule has 5 nitrogen and oxygen atoms in total. The summed E-state index contributed by atoms with van der Waals surface area (Å²) < 4.78 is 0. The van der Waals surface area contributed by atoms with Crippen molar-refractivity contribution in [3.8, 4) is 11.1 Å². The van der Waals surface area contributed by atoms with E-state index in [1.54, 1.807) is 12.1 Å². The minimum atomic E-state index is -0.253. The van der Waals surface area contributed by atoms with Gasteiger partial charge in [-0.05, 0) is 23.8 Å².